The summed E-state index contributed by atoms with van der Waals surface area (Å²) >= 11 is 0. The monoisotopic (exact) mass is 251 g/mol. The number of rotatable bonds is 6. The van der Waals surface area contributed by atoms with Gasteiger partial charge in [0.05, 0.1) is 0 Å². The first-order valence-electron chi connectivity index (χ1n) is 5.64. The van der Waals surface area contributed by atoms with Crippen LogP contribution in [-0.2, 0) is 20.7 Å². The lowest BCUT2D eigenvalue weighted by molar-refractivity contribution is -0.143. The molecule has 18 heavy (non-hydrogen) atoms. The molecule has 2 N–H and O–H groups in total. The highest BCUT2D eigenvalue weighted by atomic mass is 16.5. The van der Waals surface area contributed by atoms with Crippen molar-refractivity contribution < 1.29 is 19.4 Å². The Morgan fingerprint density at radius 3 is 2.44 bits per heavy atom. The first-order valence-corrected chi connectivity index (χ1v) is 5.64. The summed E-state index contributed by atoms with van der Waals surface area (Å²) in [6.07, 6.45) is -0.416. The summed E-state index contributed by atoms with van der Waals surface area (Å²) in [5, 5.41) is 11.5. The van der Waals surface area contributed by atoms with Crippen LogP contribution in [0.2, 0.25) is 0 Å². The van der Waals surface area contributed by atoms with Crippen LogP contribution in [0.3, 0.4) is 0 Å². The Kier molecular flexibility index (Phi) is 5.32. The van der Waals surface area contributed by atoms with Crippen LogP contribution in [0, 0.1) is 0 Å². The number of hydrogen-bond donors (Lipinski definition) is 2. The average Bonchev–Trinajstić information content (AvgIpc) is 2.37. The molecule has 2 atom stereocenters. The van der Waals surface area contributed by atoms with Crippen molar-refractivity contribution in [2.45, 2.75) is 25.5 Å². The molecule has 98 valence electrons. The van der Waals surface area contributed by atoms with Gasteiger partial charge in [0.2, 0.25) is 5.91 Å². The van der Waals surface area contributed by atoms with E-state index < -0.39 is 24.0 Å². The highest BCUT2D eigenvalue weighted by Gasteiger charge is 2.22. The molecule has 0 saturated carbocycles. The Hall–Kier alpha value is -1.88. The average molecular weight is 251 g/mol. The molecule has 0 fully saturated rings. The van der Waals surface area contributed by atoms with E-state index in [0.717, 1.165) is 5.56 Å². The van der Waals surface area contributed by atoms with Gasteiger partial charge in [-0.15, -0.1) is 0 Å². The number of ether oxygens (including phenoxy) is 1. The number of nitrogens with one attached hydrogen (secondary N) is 1. The van der Waals surface area contributed by atoms with E-state index in [1.54, 1.807) is 6.92 Å². The minimum atomic E-state index is -1.06. The van der Waals surface area contributed by atoms with E-state index in [9.17, 15) is 9.59 Å². The molecule has 0 aliphatic heterocycles. The Labute approximate surface area is 106 Å². The zero-order valence-corrected chi connectivity index (χ0v) is 10.4. The van der Waals surface area contributed by atoms with Gasteiger partial charge in [0.1, 0.15) is 12.1 Å². The second kappa shape index (κ2) is 6.76. The second-order valence-electron chi connectivity index (χ2n) is 3.97. The largest absolute Gasteiger partial charge is 0.480 e. The Bertz CT molecular complexity index is 405. The lowest BCUT2D eigenvalue weighted by atomic mass is 10.1. The molecule has 0 aliphatic carbocycles. The van der Waals surface area contributed by atoms with Crippen molar-refractivity contribution in [3.05, 3.63) is 35.9 Å². The van der Waals surface area contributed by atoms with E-state index in [1.165, 1.54) is 7.11 Å². The van der Waals surface area contributed by atoms with Crippen LogP contribution < -0.4 is 5.32 Å². The Morgan fingerprint density at radius 1 is 1.33 bits per heavy atom. The molecule has 0 aromatic heterocycles. The van der Waals surface area contributed by atoms with Crippen molar-refractivity contribution in [3.8, 4) is 0 Å². The molecule has 0 radical (unpaired) electrons. The van der Waals surface area contributed by atoms with Crippen molar-refractivity contribution >= 4 is 11.9 Å². The predicted octanol–water partition coefficient (Wildman–Crippen LogP) is 0.833. The van der Waals surface area contributed by atoms with Crippen molar-refractivity contribution in [2.24, 2.45) is 0 Å². The second-order valence-corrected chi connectivity index (χ2v) is 3.97. The van der Waals surface area contributed by atoms with Crippen LogP contribution in [0.5, 0.6) is 0 Å². The molecule has 0 aliphatic rings. The maximum atomic E-state index is 11.6. The van der Waals surface area contributed by atoms with Gasteiger partial charge in [-0.05, 0) is 12.5 Å². The number of carbonyl (C=O) groups excluding carboxylic acids is 1. The maximum absolute atomic E-state index is 11.6. The van der Waals surface area contributed by atoms with Gasteiger partial charge in [-0.25, -0.2) is 4.79 Å². The first kappa shape index (κ1) is 14.2. The van der Waals surface area contributed by atoms with E-state index in [1.807, 2.05) is 30.3 Å². The summed E-state index contributed by atoms with van der Waals surface area (Å²) in [4.78, 5) is 22.7. The third-order valence-corrected chi connectivity index (χ3v) is 2.62. The van der Waals surface area contributed by atoms with Crippen molar-refractivity contribution in [1.29, 1.82) is 0 Å². The number of carboxylic acid groups (broad SMARTS) is 1. The molecule has 0 heterocycles. The smallest absolute Gasteiger partial charge is 0.326 e. The fraction of sp³-hybridized carbons (Fsp3) is 0.385. The van der Waals surface area contributed by atoms with E-state index in [-0.39, 0.29) is 6.42 Å². The molecule has 1 amide bonds. The molecular formula is C13H17NO4. The van der Waals surface area contributed by atoms with E-state index in [2.05, 4.69) is 5.32 Å². The summed E-state index contributed by atoms with van der Waals surface area (Å²) in [5.41, 5.74) is 0.857. The maximum Gasteiger partial charge on any atom is 0.326 e. The van der Waals surface area contributed by atoms with Crippen LogP contribution >= 0.6 is 0 Å². The molecule has 5 heteroatoms. The fourth-order valence-corrected chi connectivity index (χ4v) is 1.45. The molecule has 1 unspecified atom stereocenters. The summed E-state index contributed by atoms with van der Waals surface area (Å²) in [6.45, 7) is 1.57. The first-order chi connectivity index (χ1) is 8.54. The van der Waals surface area contributed by atoms with Crippen LogP contribution in [0.1, 0.15) is 12.5 Å². The third kappa shape index (κ3) is 4.18. The summed E-state index contributed by atoms with van der Waals surface area (Å²) in [6, 6.07) is 8.20. The van der Waals surface area contributed by atoms with Crippen LogP contribution in [0.4, 0.5) is 0 Å². The quantitative estimate of drug-likeness (QED) is 0.785. The van der Waals surface area contributed by atoms with Gasteiger partial charge < -0.3 is 15.2 Å². The lowest BCUT2D eigenvalue weighted by Crippen LogP contribution is -2.46. The number of methoxy groups -OCH3 is 1. The standard InChI is InChI=1S/C13H17NO4/c1-9(18-2)12(15)14-11(13(16)17)8-10-6-4-3-5-7-10/h3-7,9,11H,8H2,1-2H3,(H,14,15)(H,16,17)/t9?,11-/m1/s1. The summed E-state index contributed by atoms with van der Waals surface area (Å²) in [5.74, 6) is -1.49. The topological polar surface area (TPSA) is 75.6 Å². The fourth-order valence-electron chi connectivity index (χ4n) is 1.45. The van der Waals surface area contributed by atoms with Crippen LogP contribution in [0.25, 0.3) is 0 Å². The summed E-state index contributed by atoms with van der Waals surface area (Å²) < 4.78 is 4.84. The summed E-state index contributed by atoms with van der Waals surface area (Å²) in [7, 11) is 1.40. The van der Waals surface area contributed by atoms with E-state index in [4.69, 9.17) is 9.84 Å². The number of carbonyl (C=O) groups is 2. The number of benzene rings is 1. The van der Waals surface area contributed by atoms with Gasteiger partial charge in [0.25, 0.3) is 0 Å². The van der Waals surface area contributed by atoms with Crippen molar-refractivity contribution in [2.75, 3.05) is 7.11 Å². The highest BCUT2D eigenvalue weighted by molar-refractivity contribution is 5.86. The molecular weight excluding hydrogens is 234 g/mol. The normalized spacial score (nSPS) is 13.7. The van der Waals surface area contributed by atoms with E-state index >= 15 is 0 Å². The molecule has 0 bridgehead atoms. The Balaban J connectivity index is 2.67. The Morgan fingerprint density at radius 2 is 1.94 bits per heavy atom. The molecule has 5 nitrogen and oxygen atoms in total. The number of carboxylic acids is 1. The van der Waals surface area contributed by atoms with Crippen LogP contribution in [0.15, 0.2) is 30.3 Å². The molecule has 1 aromatic carbocycles. The zero-order valence-electron chi connectivity index (χ0n) is 10.4. The highest BCUT2D eigenvalue weighted by Crippen LogP contribution is 2.04. The van der Waals surface area contributed by atoms with Crippen molar-refractivity contribution in [3.63, 3.8) is 0 Å². The minimum absolute atomic E-state index is 0.248. The van der Waals surface area contributed by atoms with Gasteiger partial charge in [0, 0.05) is 13.5 Å². The predicted molar refractivity (Wildman–Crippen MR) is 66.2 cm³/mol. The molecule has 0 saturated heterocycles. The number of hydrogen-bond acceptors (Lipinski definition) is 3. The third-order valence-electron chi connectivity index (χ3n) is 2.62. The molecule has 1 rings (SSSR count). The van der Waals surface area contributed by atoms with Gasteiger partial charge in [-0.2, -0.15) is 0 Å². The van der Waals surface area contributed by atoms with Gasteiger partial charge in [-0.3, -0.25) is 4.79 Å². The van der Waals surface area contributed by atoms with Gasteiger partial charge in [0.15, 0.2) is 0 Å². The SMILES string of the molecule is COC(C)C(=O)N[C@H](Cc1ccccc1)C(=O)O. The van der Waals surface area contributed by atoms with Gasteiger partial charge >= 0.3 is 5.97 Å². The minimum Gasteiger partial charge on any atom is -0.480 e. The van der Waals surface area contributed by atoms with E-state index in [0.29, 0.717) is 0 Å². The van der Waals surface area contributed by atoms with Crippen molar-refractivity contribution in [1.82, 2.24) is 5.32 Å². The number of amides is 1. The zero-order chi connectivity index (χ0) is 13.5. The van der Waals surface area contributed by atoms with Gasteiger partial charge in [-0.1, -0.05) is 30.3 Å². The molecule has 1 aromatic rings. The molecule has 0 spiro atoms. The van der Waals surface area contributed by atoms with Crippen LogP contribution in [-0.4, -0.2) is 36.2 Å². The lowest BCUT2D eigenvalue weighted by Gasteiger charge is -2.17. The number of aliphatic carboxylic acids is 1.